The number of hydrogen-bond donors (Lipinski definition) is 0. The fraction of sp³-hybridized carbons (Fsp3) is 0.111. The Bertz CT molecular complexity index is 315. The molecule has 1 nitrogen and oxygen atoms in total. The lowest BCUT2D eigenvalue weighted by atomic mass is 10.3. The first-order valence-corrected chi connectivity index (χ1v) is 3.93. The smallest absolute Gasteiger partial charge is 0.148 e. The standard InChI is InChI=1S/C9H5Cl2O/c1-2-5-12-9-4-3-7(10)6-8(9)11/h1,3-4H,5H2. The predicted octanol–water partition coefficient (Wildman–Crippen LogP) is 2.81. The van der Waals surface area contributed by atoms with Crippen molar-refractivity contribution in [3.63, 3.8) is 0 Å². The van der Waals surface area contributed by atoms with E-state index in [-0.39, 0.29) is 6.61 Å². The third kappa shape index (κ3) is 2.34. The van der Waals surface area contributed by atoms with Gasteiger partial charge in [0.2, 0.25) is 0 Å². The summed E-state index contributed by atoms with van der Waals surface area (Å²) >= 11 is 11.3. The van der Waals surface area contributed by atoms with Crippen LogP contribution in [0.3, 0.4) is 0 Å². The third-order valence-corrected chi connectivity index (χ3v) is 1.64. The van der Waals surface area contributed by atoms with Crippen LogP contribution >= 0.6 is 23.2 Å². The molecule has 0 saturated heterocycles. The van der Waals surface area contributed by atoms with Crippen LogP contribution in [0, 0.1) is 18.4 Å². The summed E-state index contributed by atoms with van der Waals surface area (Å²) in [6.07, 6.45) is 5.00. The summed E-state index contributed by atoms with van der Waals surface area (Å²) in [4.78, 5) is 0. The van der Waals surface area contributed by atoms with Crippen molar-refractivity contribution < 1.29 is 4.74 Å². The van der Waals surface area contributed by atoms with Crippen molar-refractivity contribution in [1.82, 2.24) is 0 Å². The van der Waals surface area contributed by atoms with Crippen molar-refractivity contribution in [1.29, 1.82) is 0 Å². The molecule has 1 aromatic rings. The molecule has 0 fully saturated rings. The van der Waals surface area contributed by atoms with E-state index in [1.165, 1.54) is 0 Å². The first kappa shape index (κ1) is 9.25. The molecule has 0 heterocycles. The number of rotatable bonds is 2. The number of halogens is 2. The summed E-state index contributed by atoms with van der Waals surface area (Å²) in [6.45, 7) is 0.190. The molecule has 0 unspecified atom stereocenters. The van der Waals surface area contributed by atoms with Crippen molar-refractivity contribution in [2.24, 2.45) is 0 Å². The lowest BCUT2D eigenvalue weighted by molar-refractivity contribution is 0.370. The molecular formula is C9H5Cl2O. The Balaban J connectivity index is 2.81. The highest BCUT2D eigenvalue weighted by molar-refractivity contribution is 6.35. The highest BCUT2D eigenvalue weighted by Crippen LogP contribution is 2.26. The van der Waals surface area contributed by atoms with Crippen LogP contribution < -0.4 is 4.74 Å². The Kier molecular flexibility index (Phi) is 3.28. The normalized spacial score (nSPS) is 9.08. The first-order chi connectivity index (χ1) is 5.74. The number of hydrogen-bond acceptors (Lipinski definition) is 1. The van der Waals surface area contributed by atoms with Crippen LogP contribution in [0.1, 0.15) is 0 Å². The minimum absolute atomic E-state index is 0.190. The molecule has 61 valence electrons. The molecule has 0 aromatic heterocycles. The molecule has 0 amide bonds. The van der Waals surface area contributed by atoms with Crippen molar-refractivity contribution in [3.8, 4) is 18.1 Å². The number of benzene rings is 1. The molecule has 0 saturated carbocycles. The van der Waals surface area contributed by atoms with Gasteiger partial charge in [0, 0.05) is 6.07 Å². The molecular weight excluding hydrogens is 195 g/mol. The summed E-state index contributed by atoms with van der Waals surface area (Å²) in [5, 5.41) is 0.797. The van der Waals surface area contributed by atoms with Crippen LogP contribution in [-0.4, -0.2) is 6.61 Å². The van der Waals surface area contributed by atoms with Crippen LogP contribution in [0.5, 0.6) is 5.75 Å². The second-order valence-corrected chi connectivity index (χ2v) is 2.76. The van der Waals surface area contributed by atoms with Gasteiger partial charge in [-0.3, -0.25) is 0 Å². The van der Waals surface area contributed by atoms with E-state index in [9.17, 15) is 0 Å². The minimum Gasteiger partial charge on any atom is -0.479 e. The largest absolute Gasteiger partial charge is 0.479 e. The van der Waals surface area contributed by atoms with E-state index in [0.717, 1.165) is 0 Å². The Labute approximate surface area is 81.2 Å². The van der Waals surface area contributed by atoms with Crippen LogP contribution in [0.25, 0.3) is 0 Å². The molecule has 12 heavy (non-hydrogen) atoms. The number of ether oxygens (including phenoxy) is 1. The quantitative estimate of drug-likeness (QED) is 0.667. The number of terminal acetylenes is 1. The van der Waals surface area contributed by atoms with Gasteiger partial charge in [-0.15, -0.1) is 6.42 Å². The summed E-state index contributed by atoms with van der Waals surface area (Å²) < 4.78 is 5.08. The van der Waals surface area contributed by atoms with Gasteiger partial charge in [-0.1, -0.05) is 29.1 Å². The Morgan fingerprint density at radius 3 is 2.83 bits per heavy atom. The maximum Gasteiger partial charge on any atom is 0.148 e. The van der Waals surface area contributed by atoms with Gasteiger partial charge in [0.15, 0.2) is 0 Å². The highest BCUT2D eigenvalue weighted by Gasteiger charge is 2.00. The molecule has 0 atom stereocenters. The average molecular weight is 200 g/mol. The van der Waals surface area contributed by atoms with Gasteiger partial charge in [-0.2, -0.15) is 0 Å². The molecule has 0 spiro atoms. The lowest BCUT2D eigenvalue weighted by Crippen LogP contribution is -1.93. The molecule has 0 aliphatic heterocycles. The van der Waals surface area contributed by atoms with Gasteiger partial charge in [0.25, 0.3) is 0 Å². The molecule has 0 N–H and O–H groups in total. The SMILES string of the molecule is C#CCOc1ccc(Cl)[c]c1Cl. The van der Waals surface area contributed by atoms with Gasteiger partial charge in [0.05, 0.1) is 10.0 Å². The van der Waals surface area contributed by atoms with Crippen molar-refractivity contribution in [2.45, 2.75) is 0 Å². The maximum absolute atomic E-state index is 5.73. The lowest BCUT2D eigenvalue weighted by Gasteiger charge is -2.03. The van der Waals surface area contributed by atoms with Crippen molar-refractivity contribution >= 4 is 23.2 Å². The summed E-state index contributed by atoms with van der Waals surface area (Å²) in [5.41, 5.74) is 0. The molecule has 1 radical (unpaired) electrons. The fourth-order valence-corrected chi connectivity index (χ4v) is 1.09. The zero-order valence-corrected chi connectivity index (χ0v) is 7.62. The molecule has 0 bridgehead atoms. The van der Waals surface area contributed by atoms with Gasteiger partial charge < -0.3 is 4.74 Å². The summed E-state index contributed by atoms with van der Waals surface area (Å²) in [6, 6.07) is 5.97. The van der Waals surface area contributed by atoms with Crippen LogP contribution in [-0.2, 0) is 0 Å². The monoisotopic (exact) mass is 199 g/mol. The second-order valence-electron chi connectivity index (χ2n) is 1.98. The Morgan fingerprint density at radius 2 is 2.25 bits per heavy atom. The Hall–Kier alpha value is -0.840. The van der Waals surface area contributed by atoms with E-state index in [1.54, 1.807) is 12.1 Å². The van der Waals surface area contributed by atoms with E-state index in [0.29, 0.717) is 15.8 Å². The minimum atomic E-state index is 0.190. The molecule has 1 aromatic carbocycles. The predicted molar refractivity (Wildman–Crippen MR) is 49.6 cm³/mol. The van der Waals surface area contributed by atoms with Crippen LogP contribution in [0.15, 0.2) is 12.1 Å². The first-order valence-electron chi connectivity index (χ1n) is 3.17. The maximum atomic E-state index is 5.73. The van der Waals surface area contributed by atoms with E-state index < -0.39 is 0 Å². The van der Waals surface area contributed by atoms with Crippen LogP contribution in [0.2, 0.25) is 10.0 Å². The molecule has 1 rings (SSSR count). The van der Waals surface area contributed by atoms with Crippen molar-refractivity contribution in [3.05, 3.63) is 28.2 Å². The average Bonchev–Trinajstić information content (AvgIpc) is 2.03. The fourth-order valence-electron chi connectivity index (χ4n) is 0.661. The zero-order valence-electron chi connectivity index (χ0n) is 6.10. The van der Waals surface area contributed by atoms with E-state index in [1.807, 2.05) is 0 Å². The molecule has 0 aliphatic rings. The van der Waals surface area contributed by atoms with E-state index >= 15 is 0 Å². The Morgan fingerprint density at radius 1 is 1.50 bits per heavy atom. The van der Waals surface area contributed by atoms with Gasteiger partial charge >= 0.3 is 0 Å². The summed E-state index contributed by atoms with van der Waals surface area (Å²) in [7, 11) is 0. The molecule has 3 heteroatoms. The van der Waals surface area contributed by atoms with Crippen molar-refractivity contribution in [2.75, 3.05) is 6.61 Å². The van der Waals surface area contributed by atoms with Gasteiger partial charge in [-0.25, -0.2) is 0 Å². The molecule has 0 aliphatic carbocycles. The third-order valence-electron chi connectivity index (χ3n) is 1.14. The van der Waals surface area contributed by atoms with Gasteiger partial charge in [-0.05, 0) is 12.1 Å². The van der Waals surface area contributed by atoms with E-state index in [2.05, 4.69) is 12.0 Å². The highest BCUT2D eigenvalue weighted by atomic mass is 35.5. The summed E-state index contributed by atoms with van der Waals surface area (Å²) in [5.74, 6) is 2.83. The second kappa shape index (κ2) is 4.25. The zero-order chi connectivity index (χ0) is 8.97. The van der Waals surface area contributed by atoms with E-state index in [4.69, 9.17) is 34.4 Å². The topological polar surface area (TPSA) is 9.23 Å². The van der Waals surface area contributed by atoms with Gasteiger partial charge in [0.1, 0.15) is 12.4 Å². The van der Waals surface area contributed by atoms with Crippen LogP contribution in [0.4, 0.5) is 0 Å².